The quantitative estimate of drug-likeness (QED) is 0.0436. The van der Waals surface area contributed by atoms with Crippen LogP contribution in [0.5, 0.6) is 0 Å². The fourth-order valence-corrected chi connectivity index (χ4v) is 5.80. The molecule has 0 saturated carbocycles. The van der Waals surface area contributed by atoms with Gasteiger partial charge in [-0.3, -0.25) is 9.59 Å². The molecule has 0 radical (unpaired) electrons. The summed E-state index contributed by atoms with van der Waals surface area (Å²) in [5.41, 5.74) is 0. The Hall–Kier alpha value is -1.58. The zero-order valence-electron chi connectivity index (χ0n) is 29.5. The highest BCUT2D eigenvalue weighted by Crippen LogP contribution is 2.19. The first-order valence-corrected chi connectivity index (χ1v) is 19.3. The van der Waals surface area contributed by atoms with Gasteiger partial charge in [0.1, 0.15) is 6.10 Å². The van der Waals surface area contributed by atoms with Crippen molar-refractivity contribution >= 4 is 11.9 Å². The molecule has 0 amide bonds. The summed E-state index contributed by atoms with van der Waals surface area (Å²) in [6.07, 6.45) is 44.7. The summed E-state index contributed by atoms with van der Waals surface area (Å²) in [5.74, 6) is -0.729. The van der Waals surface area contributed by atoms with Gasteiger partial charge in [0.25, 0.3) is 0 Å². The van der Waals surface area contributed by atoms with E-state index in [-0.39, 0.29) is 18.5 Å². The van der Waals surface area contributed by atoms with Crippen LogP contribution >= 0.6 is 0 Å². The van der Waals surface area contributed by atoms with Crippen LogP contribution in [0.25, 0.3) is 0 Å². The number of unbranched alkanes of at least 4 members (excludes halogenated alkanes) is 22. The molecule has 0 aliphatic carbocycles. The molecule has 0 aliphatic heterocycles. The summed E-state index contributed by atoms with van der Waals surface area (Å²) in [5, 5.41) is 8.83. The van der Waals surface area contributed by atoms with Gasteiger partial charge in [0.2, 0.25) is 0 Å². The minimum atomic E-state index is -0.711. The van der Waals surface area contributed by atoms with Gasteiger partial charge in [-0.15, -0.1) is 0 Å². The number of hydrogen-bond acceptors (Lipinski definition) is 3. The molecule has 0 fully saturated rings. The van der Waals surface area contributed by atoms with E-state index < -0.39 is 5.97 Å². The lowest BCUT2D eigenvalue weighted by Crippen LogP contribution is -2.18. The fourth-order valence-electron chi connectivity index (χ4n) is 5.80. The molecule has 0 heterocycles. The van der Waals surface area contributed by atoms with Gasteiger partial charge in [0.15, 0.2) is 0 Å². The molecule has 0 spiro atoms. The lowest BCUT2D eigenvalue weighted by molar-refractivity contribution is -0.150. The largest absolute Gasteiger partial charge is 0.481 e. The molecule has 0 saturated heterocycles. The third-order valence-corrected chi connectivity index (χ3v) is 8.68. The van der Waals surface area contributed by atoms with Crippen LogP contribution in [0.1, 0.15) is 213 Å². The summed E-state index contributed by atoms with van der Waals surface area (Å²) >= 11 is 0. The topological polar surface area (TPSA) is 63.6 Å². The van der Waals surface area contributed by atoms with Crippen LogP contribution in [0, 0.1) is 0 Å². The van der Waals surface area contributed by atoms with E-state index in [1.165, 1.54) is 122 Å². The molecular formula is C40H74O4. The first-order valence-electron chi connectivity index (χ1n) is 19.3. The average Bonchev–Trinajstić information content (AvgIpc) is 3.01. The van der Waals surface area contributed by atoms with Gasteiger partial charge in [-0.25, -0.2) is 0 Å². The Morgan fingerprint density at radius 2 is 0.886 bits per heavy atom. The molecule has 0 bridgehead atoms. The van der Waals surface area contributed by atoms with E-state index in [9.17, 15) is 9.59 Å². The smallest absolute Gasteiger partial charge is 0.306 e. The van der Waals surface area contributed by atoms with Crippen LogP contribution in [0.2, 0.25) is 0 Å². The standard InChI is InChI=1S/C40H74O4/c1-3-5-7-9-11-13-15-16-17-18-19-20-21-23-25-27-33-37-40(43)44-38(35-31-28-29-32-36-39(41)42)34-30-26-24-22-14-12-10-8-6-4-2/h11,13,16-17,38H,3-10,12,14-15,18-37H2,1-2H3,(H,41,42)/b13-11-,17-16-. The Bertz CT molecular complexity index is 668. The minimum Gasteiger partial charge on any atom is -0.481 e. The van der Waals surface area contributed by atoms with E-state index in [1.807, 2.05) is 0 Å². The number of allylic oxidation sites excluding steroid dienone is 4. The van der Waals surface area contributed by atoms with Crippen molar-refractivity contribution in [2.75, 3.05) is 0 Å². The third kappa shape index (κ3) is 34.9. The van der Waals surface area contributed by atoms with E-state index in [0.717, 1.165) is 64.2 Å². The Morgan fingerprint density at radius 1 is 0.500 bits per heavy atom. The minimum absolute atomic E-state index is 0.0180. The number of carboxylic acids is 1. The summed E-state index contributed by atoms with van der Waals surface area (Å²) < 4.78 is 5.96. The number of rotatable bonds is 35. The van der Waals surface area contributed by atoms with Crippen LogP contribution in [0.4, 0.5) is 0 Å². The molecule has 4 nitrogen and oxygen atoms in total. The number of esters is 1. The maximum absolute atomic E-state index is 12.6. The molecule has 0 aromatic rings. The van der Waals surface area contributed by atoms with Crippen LogP contribution in [0.3, 0.4) is 0 Å². The molecule has 1 unspecified atom stereocenters. The molecule has 4 heteroatoms. The lowest BCUT2D eigenvalue weighted by atomic mass is 10.0. The van der Waals surface area contributed by atoms with Gasteiger partial charge in [0, 0.05) is 12.8 Å². The zero-order chi connectivity index (χ0) is 32.2. The Morgan fingerprint density at radius 3 is 1.39 bits per heavy atom. The Kier molecular flexibility index (Phi) is 34.6. The molecule has 1 N–H and O–H groups in total. The second kappa shape index (κ2) is 35.9. The van der Waals surface area contributed by atoms with E-state index >= 15 is 0 Å². The number of aliphatic carboxylic acids is 1. The zero-order valence-corrected chi connectivity index (χ0v) is 29.5. The summed E-state index contributed by atoms with van der Waals surface area (Å²) in [7, 11) is 0. The van der Waals surface area contributed by atoms with Gasteiger partial charge >= 0.3 is 11.9 Å². The average molecular weight is 619 g/mol. The first kappa shape index (κ1) is 42.4. The van der Waals surface area contributed by atoms with Crippen molar-refractivity contribution in [3.8, 4) is 0 Å². The highest BCUT2D eigenvalue weighted by molar-refractivity contribution is 5.69. The van der Waals surface area contributed by atoms with Crippen molar-refractivity contribution in [2.24, 2.45) is 0 Å². The number of carbonyl (C=O) groups is 2. The lowest BCUT2D eigenvalue weighted by Gasteiger charge is -2.18. The van der Waals surface area contributed by atoms with Crippen molar-refractivity contribution < 1.29 is 19.4 Å². The second-order valence-corrected chi connectivity index (χ2v) is 13.1. The maximum atomic E-state index is 12.6. The number of hydrogen-bond donors (Lipinski definition) is 1. The van der Waals surface area contributed by atoms with E-state index in [2.05, 4.69) is 38.2 Å². The van der Waals surface area contributed by atoms with Crippen LogP contribution in [-0.4, -0.2) is 23.1 Å². The normalized spacial score (nSPS) is 12.4. The predicted octanol–water partition coefficient (Wildman–Crippen LogP) is 13.2. The van der Waals surface area contributed by atoms with Gasteiger partial charge in [-0.2, -0.15) is 0 Å². The molecule has 44 heavy (non-hydrogen) atoms. The first-order chi connectivity index (χ1) is 21.6. The van der Waals surface area contributed by atoms with E-state index in [1.54, 1.807) is 0 Å². The number of carbonyl (C=O) groups excluding carboxylic acids is 1. The molecule has 1 atom stereocenters. The summed E-state index contributed by atoms with van der Waals surface area (Å²) in [6.45, 7) is 4.52. The summed E-state index contributed by atoms with van der Waals surface area (Å²) in [4.78, 5) is 23.3. The van der Waals surface area contributed by atoms with E-state index in [0.29, 0.717) is 6.42 Å². The third-order valence-electron chi connectivity index (χ3n) is 8.68. The van der Waals surface area contributed by atoms with Crippen molar-refractivity contribution in [1.82, 2.24) is 0 Å². The van der Waals surface area contributed by atoms with Crippen LogP contribution in [-0.2, 0) is 14.3 Å². The van der Waals surface area contributed by atoms with Gasteiger partial charge in [0.05, 0.1) is 0 Å². The van der Waals surface area contributed by atoms with Gasteiger partial charge < -0.3 is 9.84 Å². The molecule has 0 aromatic carbocycles. The van der Waals surface area contributed by atoms with Crippen molar-refractivity contribution in [3.05, 3.63) is 24.3 Å². The summed E-state index contributed by atoms with van der Waals surface area (Å²) in [6, 6.07) is 0. The number of carboxylic acid groups (broad SMARTS) is 1. The van der Waals surface area contributed by atoms with Gasteiger partial charge in [-0.05, 0) is 70.6 Å². The molecule has 0 aromatic heterocycles. The molecule has 0 aliphatic rings. The molecular weight excluding hydrogens is 544 g/mol. The van der Waals surface area contributed by atoms with E-state index in [4.69, 9.17) is 9.84 Å². The fraction of sp³-hybridized carbons (Fsp3) is 0.850. The Balaban J connectivity index is 3.96. The van der Waals surface area contributed by atoms with Crippen molar-refractivity contribution in [3.63, 3.8) is 0 Å². The predicted molar refractivity (Wildman–Crippen MR) is 190 cm³/mol. The second-order valence-electron chi connectivity index (χ2n) is 13.1. The number of ether oxygens (including phenoxy) is 1. The van der Waals surface area contributed by atoms with Crippen molar-refractivity contribution in [2.45, 2.75) is 219 Å². The van der Waals surface area contributed by atoms with Crippen LogP contribution < -0.4 is 0 Å². The van der Waals surface area contributed by atoms with Gasteiger partial charge in [-0.1, -0.05) is 154 Å². The highest BCUT2D eigenvalue weighted by Gasteiger charge is 2.14. The van der Waals surface area contributed by atoms with Crippen LogP contribution in [0.15, 0.2) is 24.3 Å². The van der Waals surface area contributed by atoms with Crippen molar-refractivity contribution in [1.29, 1.82) is 0 Å². The molecule has 258 valence electrons. The SMILES string of the molecule is CCCCC/C=C\C/C=C\CCCCCCCCCC(=O)OC(CCCCCCCCCCCC)CCCCCCC(=O)O. The monoisotopic (exact) mass is 619 g/mol. The molecule has 0 rings (SSSR count). The maximum Gasteiger partial charge on any atom is 0.306 e. The highest BCUT2D eigenvalue weighted by atomic mass is 16.5. The Labute approximate surface area is 274 Å².